The van der Waals surface area contributed by atoms with Gasteiger partial charge in [0.25, 0.3) is 5.56 Å². The number of rotatable bonds is 6. The zero-order valence-electron chi connectivity index (χ0n) is 22.1. The molecule has 0 unspecified atom stereocenters. The van der Waals surface area contributed by atoms with Gasteiger partial charge < -0.3 is 14.6 Å². The number of hydrogen-bond acceptors (Lipinski definition) is 7. The van der Waals surface area contributed by atoms with Gasteiger partial charge in [-0.1, -0.05) is 37.0 Å². The monoisotopic (exact) mass is 513 g/mol. The summed E-state index contributed by atoms with van der Waals surface area (Å²) in [5.74, 6) is 1.62. The van der Waals surface area contributed by atoms with Gasteiger partial charge >= 0.3 is 0 Å². The summed E-state index contributed by atoms with van der Waals surface area (Å²) in [5.41, 5.74) is 3.76. The van der Waals surface area contributed by atoms with Crippen LogP contribution in [0.2, 0.25) is 0 Å². The molecule has 6 rings (SSSR count). The number of H-pyrrole nitrogens is 1. The fourth-order valence-electron chi connectivity index (χ4n) is 6.06. The van der Waals surface area contributed by atoms with Gasteiger partial charge in [-0.2, -0.15) is 0 Å². The topological polar surface area (TPSA) is 92.2 Å². The minimum atomic E-state index is -0.326. The first-order valence-corrected chi connectivity index (χ1v) is 13.6. The number of aromatic amines is 1. The molecule has 9 nitrogen and oxygen atoms in total. The van der Waals surface area contributed by atoms with Gasteiger partial charge in [-0.3, -0.25) is 9.69 Å². The lowest BCUT2D eigenvalue weighted by Crippen LogP contribution is -2.49. The lowest BCUT2D eigenvalue weighted by Gasteiger charge is -2.40. The molecule has 1 aliphatic carbocycles. The molecule has 0 amide bonds. The molecular formula is C29H35N7O2. The van der Waals surface area contributed by atoms with Crippen molar-refractivity contribution in [1.82, 2.24) is 30.1 Å². The predicted molar refractivity (Wildman–Crippen MR) is 148 cm³/mol. The number of aromatic nitrogens is 5. The van der Waals surface area contributed by atoms with Gasteiger partial charge in [0.1, 0.15) is 11.8 Å². The first-order valence-electron chi connectivity index (χ1n) is 13.6. The van der Waals surface area contributed by atoms with E-state index >= 15 is 0 Å². The second kappa shape index (κ2) is 10.6. The number of hydrogen-bond donors (Lipinski definition) is 1. The Morgan fingerprint density at radius 3 is 2.61 bits per heavy atom. The molecule has 4 aromatic rings. The van der Waals surface area contributed by atoms with Crippen molar-refractivity contribution in [2.24, 2.45) is 0 Å². The predicted octanol–water partition coefficient (Wildman–Crippen LogP) is 4.25. The quantitative estimate of drug-likeness (QED) is 0.412. The molecular weight excluding hydrogens is 478 g/mol. The molecule has 2 aliphatic rings. The van der Waals surface area contributed by atoms with Crippen LogP contribution in [0.25, 0.3) is 10.9 Å². The first-order chi connectivity index (χ1) is 18.6. The van der Waals surface area contributed by atoms with E-state index in [1.54, 1.807) is 7.11 Å². The zero-order chi connectivity index (χ0) is 26.1. The van der Waals surface area contributed by atoms with E-state index < -0.39 is 0 Å². The van der Waals surface area contributed by atoms with Gasteiger partial charge in [0.15, 0.2) is 5.82 Å². The van der Waals surface area contributed by atoms with Crippen molar-refractivity contribution < 1.29 is 4.74 Å². The highest BCUT2D eigenvalue weighted by Gasteiger charge is 2.34. The van der Waals surface area contributed by atoms with E-state index in [0.717, 1.165) is 72.7 Å². The number of nitrogens with zero attached hydrogens (tertiary/aromatic N) is 6. The molecule has 3 heterocycles. The van der Waals surface area contributed by atoms with Crippen LogP contribution in [0.5, 0.6) is 5.75 Å². The fourth-order valence-corrected chi connectivity index (χ4v) is 6.06. The van der Waals surface area contributed by atoms with E-state index in [-0.39, 0.29) is 17.6 Å². The Morgan fingerprint density at radius 1 is 1.00 bits per heavy atom. The molecule has 9 heteroatoms. The molecule has 1 aliphatic heterocycles. The highest BCUT2D eigenvalue weighted by molar-refractivity contribution is 5.79. The summed E-state index contributed by atoms with van der Waals surface area (Å²) < 4.78 is 7.45. The molecule has 1 saturated heterocycles. The number of tetrazole rings is 1. The van der Waals surface area contributed by atoms with Crippen LogP contribution in [0.15, 0.2) is 53.3 Å². The zero-order valence-corrected chi connectivity index (χ0v) is 22.1. The highest BCUT2D eigenvalue weighted by atomic mass is 16.5. The Hall–Kier alpha value is -3.72. The third-order valence-electron chi connectivity index (χ3n) is 8.10. The van der Waals surface area contributed by atoms with Crippen molar-refractivity contribution in [2.75, 3.05) is 38.2 Å². The Morgan fingerprint density at radius 2 is 1.82 bits per heavy atom. The van der Waals surface area contributed by atoms with Gasteiger partial charge in [0, 0.05) is 49.0 Å². The van der Waals surface area contributed by atoms with Crippen molar-refractivity contribution in [1.29, 1.82) is 0 Å². The summed E-state index contributed by atoms with van der Waals surface area (Å²) in [6, 6.07) is 16.3. The Balaban J connectivity index is 1.37. The van der Waals surface area contributed by atoms with Crippen LogP contribution in [-0.2, 0) is 0 Å². The summed E-state index contributed by atoms with van der Waals surface area (Å²) in [4.78, 5) is 21.4. The Bertz CT molecular complexity index is 1470. The van der Waals surface area contributed by atoms with Crippen LogP contribution >= 0.6 is 0 Å². The SMILES string of the molecule is COc1cccc(N2CCN([C@H](c3cc4cc(C)ccc4[nH]c3=O)c3nnnn3C3CCCCC3)CC2)c1. The van der Waals surface area contributed by atoms with E-state index in [4.69, 9.17) is 4.74 Å². The molecule has 2 fully saturated rings. The summed E-state index contributed by atoms with van der Waals surface area (Å²) >= 11 is 0. The van der Waals surface area contributed by atoms with Crippen LogP contribution in [0.4, 0.5) is 5.69 Å². The smallest absolute Gasteiger partial charge is 0.253 e. The van der Waals surface area contributed by atoms with E-state index in [1.165, 1.54) is 19.3 Å². The van der Waals surface area contributed by atoms with E-state index in [2.05, 4.69) is 55.4 Å². The third kappa shape index (κ3) is 4.78. The Labute approximate surface area is 222 Å². The minimum absolute atomic E-state index is 0.0835. The molecule has 1 saturated carbocycles. The first kappa shape index (κ1) is 24.6. The molecule has 0 radical (unpaired) electrons. The van der Waals surface area contributed by atoms with Crippen LogP contribution in [-0.4, -0.2) is 63.4 Å². The van der Waals surface area contributed by atoms with Gasteiger partial charge in [0.05, 0.1) is 13.2 Å². The van der Waals surface area contributed by atoms with E-state index in [1.807, 2.05) is 35.0 Å². The molecule has 0 spiro atoms. The minimum Gasteiger partial charge on any atom is -0.497 e. The van der Waals surface area contributed by atoms with Gasteiger partial charge in [0.2, 0.25) is 0 Å². The summed E-state index contributed by atoms with van der Waals surface area (Å²) in [6.45, 7) is 5.30. The number of aryl methyl sites for hydroxylation is 1. The highest BCUT2D eigenvalue weighted by Crippen LogP contribution is 2.34. The molecule has 2 aromatic heterocycles. The summed E-state index contributed by atoms with van der Waals surface area (Å²) in [7, 11) is 1.70. The number of pyridine rings is 1. The Kier molecular flexibility index (Phi) is 6.84. The number of benzene rings is 2. The lowest BCUT2D eigenvalue weighted by molar-refractivity contribution is 0.192. The van der Waals surface area contributed by atoms with Crippen LogP contribution in [0, 0.1) is 6.92 Å². The van der Waals surface area contributed by atoms with Gasteiger partial charge in [-0.15, -0.1) is 5.10 Å². The van der Waals surface area contributed by atoms with Crippen molar-refractivity contribution in [3.63, 3.8) is 0 Å². The standard InChI is InChI=1S/C29H35N7O2/c1-20-11-12-26-21(17-20)18-25(29(37)30-26)27(28-31-32-33-36(28)22-7-4-3-5-8-22)35-15-13-34(14-16-35)23-9-6-10-24(19-23)38-2/h6,9-12,17-19,22,27H,3-5,7-8,13-16H2,1-2H3,(H,30,37)/t27-/m1/s1. The normalized spacial score (nSPS) is 18.1. The molecule has 0 bridgehead atoms. The molecule has 198 valence electrons. The maximum absolute atomic E-state index is 13.6. The largest absolute Gasteiger partial charge is 0.497 e. The maximum atomic E-state index is 13.6. The number of ether oxygens (including phenoxy) is 1. The number of nitrogens with one attached hydrogen (secondary N) is 1. The van der Waals surface area contributed by atoms with Crippen LogP contribution in [0.3, 0.4) is 0 Å². The van der Waals surface area contributed by atoms with Crippen molar-refractivity contribution in [2.45, 2.75) is 51.1 Å². The molecule has 38 heavy (non-hydrogen) atoms. The van der Waals surface area contributed by atoms with Crippen molar-refractivity contribution in [3.05, 3.63) is 75.8 Å². The number of fused-ring (bicyclic) bond motifs is 1. The molecule has 1 N–H and O–H groups in total. The van der Waals surface area contributed by atoms with Crippen molar-refractivity contribution in [3.8, 4) is 5.75 Å². The summed E-state index contributed by atoms with van der Waals surface area (Å²) in [6.07, 6.45) is 5.77. The number of anilines is 1. The third-order valence-corrected chi connectivity index (χ3v) is 8.10. The van der Waals surface area contributed by atoms with Gasteiger partial charge in [-0.25, -0.2) is 4.68 Å². The maximum Gasteiger partial charge on any atom is 0.253 e. The second-order valence-electron chi connectivity index (χ2n) is 10.5. The molecule has 1 atom stereocenters. The average molecular weight is 514 g/mol. The summed E-state index contributed by atoms with van der Waals surface area (Å²) in [5, 5.41) is 14.2. The van der Waals surface area contributed by atoms with Crippen molar-refractivity contribution >= 4 is 16.6 Å². The number of piperazine rings is 1. The number of methoxy groups -OCH3 is 1. The lowest BCUT2D eigenvalue weighted by atomic mass is 9.95. The molecule has 2 aromatic carbocycles. The van der Waals surface area contributed by atoms with E-state index in [9.17, 15) is 4.79 Å². The van der Waals surface area contributed by atoms with E-state index in [0.29, 0.717) is 5.56 Å². The fraction of sp³-hybridized carbons (Fsp3) is 0.448. The van der Waals surface area contributed by atoms with Crippen LogP contribution in [0.1, 0.15) is 61.1 Å². The average Bonchev–Trinajstić information content (AvgIpc) is 3.44. The van der Waals surface area contributed by atoms with Gasteiger partial charge in [-0.05, 0) is 65.9 Å². The second-order valence-corrected chi connectivity index (χ2v) is 10.5. The van der Waals surface area contributed by atoms with Crippen LogP contribution < -0.4 is 15.2 Å².